The number of alkyl halides is 6. The Labute approximate surface area is 118 Å². The number of hydrogen-bond acceptors (Lipinski definition) is 3. The van der Waals surface area contributed by atoms with Gasteiger partial charge in [0, 0.05) is 11.6 Å². The lowest BCUT2D eigenvalue weighted by Gasteiger charge is -2.39. The van der Waals surface area contributed by atoms with Crippen LogP contribution in [0.1, 0.15) is 12.8 Å². The van der Waals surface area contributed by atoms with Gasteiger partial charge in [-0.15, -0.1) is 0 Å². The predicted molar refractivity (Wildman–Crippen MR) is 61.0 cm³/mol. The number of nitrogens with zero attached hydrogens (tertiary/aromatic N) is 2. The van der Waals surface area contributed by atoms with Crippen LogP contribution in [0.3, 0.4) is 0 Å². The second kappa shape index (κ2) is 4.08. The molecule has 2 amide bonds. The Hall–Kier alpha value is -1.39. The van der Waals surface area contributed by atoms with E-state index in [4.69, 9.17) is 0 Å². The molecule has 0 spiro atoms. The first-order valence-electron chi connectivity index (χ1n) is 5.79. The average Bonchev–Trinajstić information content (AvgIpc) is 3.06. The number of fused-ring (bicyclic) bond motifs is 1. The zero-order chi connectivity index (χ0) is 15.6. The summed E-state index contributed by atoms with van der Waals surface area (Å²) in [5, 5.41) is 1.76. The molecule has 0 aromatic carbocycles. The van der Waals surface area contributed by atoms with E-state index in [2.05, 4.69) is 4.99 Å². The minimum atomic E-state index is -5.79. The fourth-order valence-corrected chi connectivity index (χ4v) is 3.09. The summed E-state index contributed by atoms with van der Waals surface area (Å²) in [6.45, 7) is 0. The van der Waals surface area contributed by atoms with Gasteiger partial charge in [-0.25, -0.2) is 14.7 Å². The standard InChI is InChI=1S/C10H7F6N3OS/c11-9(12,13)8(10(14,15)16)17-6(20)19-5(4-1-2-4)3-21-7(19)18-8/h3-4H,1-2H2,(H,17,20). The number of hydrogen-bond donors (Lipinski definition) is 1. The lowest BCUT2D eigenvalue weighted by molar-refractivity contribution is -0.302. The molecule has 11 heteroatoms. The molecular weight excluding hydrogens is 324 g/mol. The average molecular weight is 331 g/mol. The van der Waals surface area contributed by atoms with Crippen molar-refractivity contribution in [1.82, 2.24) is 10.2 Å². The maximum Gasteiger partial charge on any atom is 0.441 e. The highest BCUT2D eigenvalue weighted by molar-refractivity contribution is 8.16. The molecule has 4 nitrogen and oxygen atoms in total. The van der Waals surface area contributed by atoms with Crippen LogP contribution < -0.4 is 5.32 Å². The van der Waals surface area contributed by atoms with Crippen LogP contribution in [-0.2, 0) is 0 Å². The van der Waals surface area contributed by atoms with Crippen molar-refractivity contribution in [3.05, 3.63) is 11.1 Å². The fraction of sp³-hybridized carbons (Fsp3) is 0.600. The normalized spacial score (nSPS) is 25.2. The number of thioether (sulfide) groups is 1. The minimum absolute atomic E-state index is 0.0137. The van der Waals surface area contributed by atoms with Crippen molar-refractivity contribution in [2.45, 2.75) is 30.9 Å². The van der Waals surface area contributed by atoms with E-state index in [9.17, 15) is 31.1 Å². The van der Waals surface area contributed by atoms with Crippen LogP contribution in [0.15, 0.2) is 16.1 Å². The molecular formula is C10H7F6N3OS. The highest BCUT2D eigenvalue weighted by Gasteiger charge is 2.75. The molecule has 0 radical (unpaired) electrons. The molecule has 1 saturated carbocycles. The van der Waals surface area contributed by atoms with Crippen molar-refractivity contribution in [3.63, 3.8) is 0 Å². The number of rotatable bonds is 1. The summed E-state index contributed by atoms with van der Waals surface area (Å²) in [6.07, 6.45) is -10.1. The van der Waals surface area contributed by atoms with Gasteiger partial charge in [-0.1, -0.05) is 11.8 Å². The second-order valence-electron chi connectivity index (χ2n) is 4.80. The number of carbonyl (C=O) groups is 1. The summed E-state index contributed by atoms with van der Waals surface area (Å²) in [4.78, 5) is 15.4. The minimum Gasteiger partial charge on any atom is -0.297 e. The van der Waals surface area contributed by atoms with E-state index < -0.39 is 29.2 Å². The third-order valence-corrected chi connectivity index (χ3v) is 4.15. The lowest BCUT2D eigenvalue weighted by Crippen LogP contribution is -2.71. The zero-order valence-corrected chi connectivity index (χ0v) is 10.9. The number of allylic oxidation sites excluding steroid dienone is 1. The Morgan fingerprint density at radius 2 is 1.81 bits per heavy atom. The first-order valence-corrected chi connectivity index (χ1v) is 6.67. The van der Waals surface area contributed by atoms with Crippen LogP contribution in [-0.4, -0.2) is 34.1 Å². The van der Waals surface area contributed by atoms with Gasteiger partial charge in [0.05, 0.1) is 0 Å². The number of carbonyl (C=O) groups excluding carboxylic acids is 1. The molecule has 0 atom stereocenters. The maximum absolute atomic E-state index is 12.9. The van der Waals surface area contributed by atoms with E-state index in [1.807, 2.05) is 0 Å². The van der Waals surface area contributed by atoms with Crippen LogP contribution in [0.5, 0.6) is 0 Å². The van der Waals surface area contributed by atoms with Crippen molar-refractivity contribution in [3.8, 4) is 0 Å². The Kier molecular flexibility index (Phi) is 2.83. The lowest BCUT2D eigenvalue weighted by atomic mass is 10.1. The van der Waals surface area contributed by atoms with Crippen molar-refractivity contribution < 1.29 is 31.1 Å². The van der Waals surface area contributed by atoms with Crippen LogP contribution >= 0.6 is 11.8 Å². The zero-order valence-electron chi connectivity index (χ0n) is 10.0. The first-order chi connectivity index (χ1) is 9.57. The van der Waals surface area contributed by atoms with E-state index in [0.717, 1.165) is 23.1 Å². The SMILES string of the molecule is O=C1NC(C(F)(F)F)(C(F)(F)F)N=C2SC=C(C3CC3)N12. The summed E-state index contributed by atoms with van der Waals surface area (Å²) in [6, 6.07) is -1.46. The molecule has 3 rings (SSSR count). The van der Waals surface area contributed by atoms with Crippen LogP contribution in [0, 0.1) is 5.92 Å². The van der Waals surface area contributed by atoms with Gasteiger partial charge in [-0.05, 0) is 18.2 Å². The van der Waals surface area contributed by atoms with E-state index in [0.29, 0.717) is 17.5 Å². The largest absolute Gasteiger partial charge is 0.441 e. The third-order valence-electron chi connectivity index (χ3n) is 3.30. The second-order valence-corrected chi connectivity index (χ2v) is 5.64. The van der Waals surface area contributed by atoms with E-state index in [1.54, 1.807) is 0 Å². The van der Waals surface area contributed by atoms with Gasteiger partial charge < -0.3 is 0 Å². The van der Waals surface area contributed by atoms with Gasteiger partial charge in [0.2, 0.25) is 0 Å². The molecule has 0 bridgehead atoms. The number of aliphatic imine (C=N–C) groups is 1. The summed E-state index contributed by atoms with van der Waals surface area (Å²) in [5.41, 5.74) is -4.20. The van der Waals surface area contributed by atoms with Gasteiger partial charge in [0.25, 0.3) is 0 Å². The Morgan fingerprint density at radius 1 is 1.24 bits per heavy atom. The molecule has 0 unspecified atom stereocenters. The van der Waals surface area contributed by atoms with E-state index in [1.165, 1.54) is 5.41 Å². The molecule has 1 fully saturated rings. The van der Waals surface area contributed by atoms with Gasteiger partial charge in [-0.3, -0.25) is 5.32 Å². The summed E-state index contributed by atoms with van der Waals surface area (Å²) >= 11 is 0.594. The van der Waals surface area contributed by atoms with Gasteiger partial charge >= 0.3 is 24.0 Å². The maximum atomic E-state index is 12.9. The number of halogens is 6. The number of urea groups is 1. The highest BCUT2D eigenvalue weighted by atomic mass is 32.2. The number of nitrogens with one attached hydrogen (secondary N) is 1. The third kappa shape index (κ3) is 2.00. The predicted octanol–water partition coefficient (Wildman–Crippen LogP) is 3.19. The molecule has 0 aromatic heterocycles. The van der Waals surface area contributed by atoms with Crippen LogP contribution in [0.4, 0.5) is 31.1 Å². The Morgan fingerprint density at radius 3 is 2.29 bits per heavy atom. The van der Waals surface area contributed by atoms with Gasteiger partial charge in [0.15, 0.2) is 5.17 Å². The van der Waals surface area contributed by atoms with Crippen molar-refractivity contribution in [1.29, 1.82) is 0 Å². The molecule has 0 aromatic rings. The van der Waals surface area contributed by atoms with Gasteiger partial charge in [0.1, 0.15) is 0 Å². The molecule has 1 aliphatic carbocycles. The smallest absolute Gasteiger partial charge is 0.297 e. The Bertz CT molecular complexity index is 548. The molecule has 3 aliphatic rings. The molecule has 21 heavy (non-hydrogen) atoms. The first kappa shape index (κ1) is 14.5. The Balaban J connectivity index is 2.06. The number of amides is 2. The van der Waals surface area contributed by atoms with Crippen LogP contribution in [0.2, 0.25) is 0 Å². The molecule has 116 valence electrons. The monoisotopic (exact) mass is 331 g/mol. The van der Waals surface area contributed by atoms with Crippen molar-refractivity contribution >= 4 is 23.0 Å². The molecule has 2 heterocycles. The van der Waals surface area contributed by atoms with Crippen molar-refractivity contribution in [2.75, 3.05) is 0 Å². The summed E-state index contributed by atoms with van der Waals surface area (Å²) in [7, 11) is 0. The molecule has 2 aliphatic heterocycles. The fourth-order valence-electron chi connectivity index (χ4n) is 2.08. The van der Waals surface area contributed by atoms with E-state index >= 15 is 0 Å². The van der Waals surface area contributed by atoms with Crippen molar-refractivity contribution in [2.24, 2.45) is 10.9 Å². The van der Waals surface area contributed by atoms with Crippen LogP contribution in [0.25, 0.3) is 0 Å². The van der Waals surface area contributed by atoms with Gasteiger partial charge in [-0.2, -0.15) is 26.3 Å². The molecule has 1 N–H and O–H groups in total. The molecule has 0 saturated heterocycles. The van der Waals surface area contributed by atoms with E-state index in [-0.39, 0.29) is 5.92 Å². The quantitative estimate of drug-likeness (QED) is 0.750. The number of amidine groups is 1. The summed E-state index contributed by atoms with van der Waals surface area (Å²) in [5.74, 6) is -0.0137. The topological polar surface area (TPSA) is 44.7 Å². The summed E-state index contributed by atoms with van der Waals surface area (Å²) < 4.78 is 77.4. The highest BCUT2D eigenvalue weighted by Crippen LogP contribution is 2.50.